The van der Waals surface area contributed by atoms with E-state index in [1.165, 1.54) is 15.3 Å². The minimum atomic E-state index is -0.265. The molecule has 4 aliphatic rings. The maximum atomic E-state index is 13.8. The van der Waals surface area contributed by atoms with Gasteiger partial charge < -0.3 is 9.72 Å². The first kappa shape index (κ1) is 22.1. The van der Waals surface area contributed by atoms with Crippen LogP contribution in [0.25, 0.3) is 0 Å². The van der Waals surface area contributed by atoms with E-state index < -0.39 is 0 Å². The van der Waals surface area contributed by atoms with E-state index in [0.717, 1.165) is 21.2 Å². The SMILES string of the molecule is COc1ccc(C2c3sc(=S)[nH]c3SC3C4CC(C5C(=O)N(c6ccc(Cl)cc6)C(=O)C45)C23)cc1. The number of halogens is 1. The number of benzene rings is 2. The van der Waals surface area contributed by atoms with Crippen LogP contribution < -0.4 is 9.64 Å². The average molecular weight is 541 g/mol. The largest absolute Gasteiger partial charge is 0.497 e. The van der Waals surface area contributed by atoms with Crippen molar-refractivity contribution in [2.75, 3.05) is 12.0 Å². The minimum Gasteiger partial charge on any atom is -0.497 e. The number of amides is 2. The van der Waals surface area contributed by atoms with Gasteiger partial charge in [-0.05, 0) is 78.4 Å². The van der Waals surface area contributed by atoms with Gasteiger partial charge in [-0.1, -0.05) is 23.7 Å². The maximum Gasteiger partial charge on any atom is 0.238 e. The number of aromatic amines is 1. The second-order valence-electron chi connectivity index (χ2n) is 9.72. The molecular weight excluding hydrogens is 520 g/mol. The Bertz CT molecular complexity index is 1420. The second kappa shape index (κ2) is 7.93. The van der Waals surface area contributed by atoms with Gasteiger partial charge in [-0.2, -0.15) is 0 Å². The van der Waals surface area contributed by atoms with Crippen LogP contribution >= 0.6 is 46.9 Å². The van der Waals surface area contributed by atoms with E-state index in [1.54, 1.807) is 42.7 Å². The predicted octanol–water partition coefficient (Wildman–Crippen LogP) is 6.15. The smallest absolute Gasteiger partial charge is 0.238 e. The Morgan fingerprint density at radius 2 is 1.71 bits per heavy atom. The summed E-state index contributed by atoms with van der Waals surface area (Å²) in [5, 5.41) is 1.97. The molecule has 1 aromatic heterocycles. The molecule has 7 rings (SSSR count). The van der Waals surface area contributed by atoms with E-state index in [2.05, 4.69) is 17.1 Å². The van der Waals surface area contributed by atoms with E-state index in [1.807, 2.05) is 23.9 Å². The van der Waals surface area contributed by atoms with Gasteiger partial charge in [-0.15, -0.1) is 23.1 Å². The standard InChI is InChI=1S/C26H21ClN2O3S3/c1-32-14-8-2-11(3-9-14)17-18-15-10-16(21(18)34-23-22(17)35-26(33)28-23)20-19(15)24(30)29(25(20)31)13-6-4-12(27)5-7-13/h2-9,15-21H,10H2,1H3,(H,28,33). The number of anilines is 1. The van der Waals surface area contributed by atoms with E-state index in [0.29, 0.717) is 10.7 Å². The highest BCUT2D eigenvalue weighted by atomic mass is 35.5. The number of fused-ring (bicyclic) bond motifs is 9. The number of nitrogens with zero attached hydrogens (tertiary/aromatic N) is 1. The summed E-state index contributed by atoms with van der Waals surface area (Å²) in [5.74, 6) is 0.936. The summed E-state index contributed by atoms with van der Waals surface area (Å²) in [7, 11) is 1.67. The molecule has 178 valence electrons. The molecule has 1 N–H and O–H groups in total. The number of ether oxygens (including phenoxy) is 1. The molecule has 2 amide bonds. The van der Waals surface area contributed by atoms with E-state index in [-0.39, 0.29) is 52.6 Å². The number of carbonyl (C=O) groups is 2. The third-order valence-electron chi connectivity index (χ3n) is 8.28. The average Bonchev–Trinajstić information content (AvgIpc) is 3.59. The van der Waals surface area contributed by atoms with Crippen LogP contribution in [0.5, 0.6) is 5.75 Å². The van der Waals surface area contributed by atoms with Crippen molar-refractivity contribution in [2.24, 2.45) is 29.6 Å². The third-order valence-corrected chi connectivity index (χ3v) is 11.5. The summed E-state index contributed by atoms with van der Waals surface area (Å²) >= 11 is 15.1. The molecule has 2 aliphatic carbocycles. The number of thioether (sulfide) groups is 1. The molecule has 3 fully saturated rings. The first-order valence-electron chi connectivity index (χ1n) is 11.6. The third kappa shape index (κ3) is 3.09. The van der Waals surface area contributed by atoms with Gasteiger partial charge in [0.15, 0.2) is 3.95 Å². The lowest BCUT2D eigenvalue weighted by Crippen LogP contribution is -2.42. The van der Waals surface area contributed by atoms with Crippen LogP contribution in [0.3, 0.4) is 0 Å². The molecule has 3 heterocycles. The van der Waals surface area contributed by atoms with Gasteiger partial charge in [-0.25, -0.2) is 0 Å². The molecule has 0 radical (unpaired) electrons. The lowest BCUT2D eigenvalue weighted by molar-refractivity contribution is -0.123. The van der Waals surface area contributed by atoms with Crippen molar-refractivity contribution >= 4 is 64.4 Å². The Morgan fingerprint density at radius 1 is 1.03 bits per heavy atom. The lowest BCUT2D eigenvalue weighted by atomic mass is 9.68. The van der Waals surface area contributed by atoms with Gasteiger partial charge >= 0.3 is 0 Å². The molecular formula is C26H21ClN2O3S3. The highest BCUT2D eigenvalue weighted by molar-refractivity contribution is 8.00. The van der Waals surface area contributed by atoms with Gasteiger partial charge in [-0.3, -0.25) is 14.5 Å². The monoisotopic (exact) mass is 540 g/mol. The molecule has 3 aromatic rings. The predicted molar refractivity (Wildman–Crippen MR) is 140 cm³/mol. The molecule has 5 nitrogen and oxygen atoms in total. The Labute approximate surface area is 220 Å². The zero-order valence-electron chi connectivity index (χ0n) is 18.6. The molecule has 1 saturated heterocycles. The Balaban J connectivity index is 1.31. The number of hydrogen-bond acceptors (Lipinski definition) is 6. The number of thiazole rings is 1. The fraction of sp³-hybridized carbons (Fsp3) is 0.346. The fourth-order valence-electron chi connectivity index (χ4n) is 7.05. The van der Waals surface area contributed by atoms with Crippen LogP contribution in [0.15, 0.2) is 53.6 Å². The van der Waals surface area contributed by atoms with Crippen molar-refractivity contribution in [1.82, 2.24) is 4.98 Å². The zero-order valence-corrected chi connectivity index (χ0v) is 21.8. The first-order chi connectivity index (χ1) is 17.0. The van der Waals surface area contributed by atoms with Crippen molar-refractivity contribution in [3.8, 4) is 5.75 Å². The lowest BCUT2D eigenvalue weighted by Gasteiger charge is -2.43. The minimum absolute atomic E-state index is 0.0562. The number of imide groups is 1. The Hall–Kier alpha value is -2.13. The summed E-state index contributed by atoms with van der Waals surface area (Å²) in [4.78, 5) is 33.5. The van der Waals surface area contributed by atoms with Crippen molar-refractivity contribution in [3.05, 3.63) is 67.9 Å². The normalized spacial score (nSPS) is 32.5. The molecule has 35 heavy (non-hydrogen) atoms. The second-order valence-corrected chi connectivity index (χ2v) is 13.1. The van der Waals surface area contributed by atoms with Crippen molar-refractivity contribution in [1.29, 1.82) is 0 Å². The van der Waals surface area contributed by atoms with Crippen LogP contribution in [0, 0.1) is 33.5 Å². The Morgan fingerprint density at radius 3 is 2.40 bits per heavy atom. The summed E-state index contributed by atoms with van der Waals surface area (Å²) in [5.41, 5.74) is 1.83. The molecule has 7 atom stereocenters. The van der Waals surface area contributed by atoms with Crippen molar-refractivity contribution in [3.63, 3.8) is 0 Å². The maximum absolute atomic E-state index is 13.8. The summed E-state index contributed by atoms with van der Waals surface area (Å²) < 4.78 is 6.16. The zero-order chi connectivity index (χ0) is 24.0. The molecule has 7 unspecified atom stereocenters. The van der Waals surface area contributed by atoms with Crippen LogP contribution in [0.2, 0.25) is 5.02 Å². The Kier molecular flexibility index (Phi) is 5.01. The number of methoxy groups -OCH3 is 1. The van der Waals surface area contributed by atoms with Crippen LogP contribution in [-0.4, -0.2) is 29.2 Å². The van der Waals surface area contributed by atoms with Crippen LogP contribution in [0.4, 0.5) is 5.69 Å². The van der Waals surface area contributed by atoms with E-state index >= 15 is 0 Å². The summed E-state index contributed by atoms with van der Waals surface area (Å²) in [6.07, 6.45) is 0.923. The highest BCUT2D eigenvalue weighted by Crippen LogP contribution is 2.69. The molecule has 2 saturated carbocycles. The number of nitrogens with one attached hydrogen (secondary N) is 1. The van der Waals surface area contributed by atoms with E-state index in [4.69, 9.17) is 28.6 Å². The van der Waals surface area contributed by atoms with Crippen LogP contribution in [0.1, 0.15) is 22.8 Å². The van der Waals surface area contributed by atoms with Gasteiger partial charge in [0.1, 0.15) is 5.75 Å². The molecule has 2 aromatic carbocycles. The van der Waals surface area contributed by atoms with Gasteiger partial charge in [0.25, 0.3) is 0 Å². The fourth-order valence-corrected chi connectivity index (χ4v) is 10.5. The number of H-pyrrole nitrogens is 1. The number of rotatable bonds is 3. The first-order valence-corrected chi connectivity index (χ1v) is 14.1. The summed E-state index contributed by atoms with van der Waals surface area (Å²) in [6.45, 7) is 0. The highest BCUT2D eigenvalue weighted by Gasteiger charge is 2.69. The van der Waals surface area contributed by atoms with Crippen LogP contribution in [-0.2, 0) is 9.59 Å². The van der Waals surface area contributed by atoms with Crippen molar-refractivity contribution < 1.29 is 14.3 Å². The molecule has 0 spiro atoms. The molecule has 2 aliphatic heterocycles. The molecule has 9 heteroatoms. The number of aromatic nitrogens is 1. The quantitative estimate of drug-likeness (QED) is 0.319. The van der Waals surface area contributed by atoms with E-state index in [9.17, 15) is 9.59 Å². The number of carbonyl (C=O) groups excluding carboxylic acids is 2. The topological polar surface area (TPSA) is 62.4 Å². The van der Waals surface area contributed by atoms with Gasteiger partial charge in [0.05, 0.1) is 29.7 Å². The van der Waals surface area contributed by atoms with Crippen molar-refractivity contribution in [2.45, 2.75) is 22.6 Å². The summed E-state index contributed by atoms with van der Waals surface area (Å²) in [6, 6.07) is 15.3. The molecule has 2 bridgehead atoms. The van der Waals surface area contributed by atoms with Gasteiger partial charge in [0, 0.05) is 21.1 Å². The van der Waals surface area contributed by atoms with Gasteiger partial charge in [0.2, 0.25) is 11.8 Å². The number of hydrogen-bond donors (Lipinski definition) is 1.